The van der Waals surface area contributed by atoms with Gasteiger partial charge in [0.05, 0.1) is 24.7 Å². The third-order valence-corrected chi connectivity index (χ3v) is 4.99. The quantitative estimate of drug-likeness (QED) is 0.275. The van der Waals surface area contributed by atoms with Crippen LogP contribution in [-0.4, -0.2) is 48.2 Å². The van der Waals surface area contributed by atoms with Crippen molar-refractivity contribution in [2.75, 3.05) is 32.8 Å². The van der Waals surface area contributed by atoms with E-state index in [1.807, 2.05) is 18.2 Å². The number of nitrogens with zero attached hydrogens (tertiary/aromatic N) is 3. The van der Waals surface area contributed by atoms with Gasteiger partial charge in [0.25, 0.3) is 11.6 Å². The van der Waals surface area contributed by atoms with Gasteiger partial charge in [-0.1, -0.05) is 17.8 Å². The number of ether oxygens (including phenoxy) is 3. The normalized spacial score (nSPS) is 10.4. The van der Waals surface area contributed by atoms with Gasteiger partial charge in [0.1, 0.15) is 22.2 Å². The second kappa shape index (κ2) is 11.1. The smallest absolute Gasteiger partial charge is 0.286 e. The molecule has 11 heteroatoms. The summed E-state index contributed by atoms with van der Waals surface area (Å²) in [4.78, 5) is 32.3. The number of aromatic nitrogens is 2. The van der Waals surface area contributed by atoms with Gasteiger partial charge in [-0.3, -0.25) is 14.9 Å². The molecule has 0 aliphatic rings. The lowest BCUT2D eigenvalue weighted by Gasteiger charge is -2.13. The van der Waals surface area contributed by atoms with Crippen LogP contribution in [0.1, 0.15) is 10.4 Å². The molecule has 0 bridgehead atoms. The minimum Gasteiger partial charge on any atom is -0.493 e. The highest BCUT2D eigenvalue weighted by Crippen LogP contribution is 2.35. The predicted molar refractivity (Wildman–Crippen MR) is 118 cm³/mol. The van der Waals surface area contributed by atoms with E-state index in [2.05, 4.69) is 15.3 Å². The molecule has 0 fully saturated rings. The zero-order valence-corrected chi connectivity index (χ0v) is 18.1. The lowest BCUT2D eigenvalue weighted by Crippen LogP contribution is -2.15. The maximum atomic E-state index is 12.9. The van der Waals surface area contributed by atoms with Crippen molar-refractivity contribution in [3.63, 3.8) is 0 Å². The second-order valence-corrected chi connectivity index (χ2v) is 7.27. The summed E-state index contributed by atoms with van der Waals surface area (Å²) in [5.74, 6) is -0.331. The minimum atomic E-state index is -0.668. The number of anilines is 1. The number of nitro groups is 1. The van der Waals surface area contributed by atoms with Crippen LogP contribution in [0.3, 0.4) is 0 Å². The average Bonchev–Trinajstić information content (AvgIpc) is 2.79. The van der Waals surface area contributed by atoms with Crippen molar-refractivity contribution in [3.8, 4) is 11.5 Å². The molecular formula is C21H20N4O6S. The van der Waals surface area contributed by atoms with Crippen molar-refractivity contribution in [3.05, 3.63) is 70.5 Å². The topological polar surface area (TPSA) is 126 Å². The monoisotopic (exact) mass is 456 g/mol. The molecule has 0 spiro atoms. The summed E-state index contributed by atoms with van der Waals surface area (Å²) in [6, 6.07) is 11.2. The molecule has 1 aromatic carbocycles. The number of hydrogen-bond donors (Lipinski definition) is 1. The number of methoxy groups -OCH3 is 2. The Balaban J connectivity index is 1.83. The summed E-state index contributed by atoms with van der Waals surface area (Å²) >= 11 is 1.32. The molecule has 0 aliphatic heterocycles. The van der Waals surface area contributed by atoms with Crippen LogP contribution in [0.15, 0.2) is 64.9 Å². The highest BCUT2D eigenvalue weighted by atomic mass is 32.2. The summed E-state index contributed by atoms with van der Waals surface area (Å²) < 4.78 is 15.6. The summed E-state index contributed by atoms with van der Waals surface area (Å²) in [5.41, 5.74) is -0.147. The Hall–Kier alpha value is -3.70. The molecule has 1 N–H and O–H groups in total. The summed E-state index contributed by atoms with van der Waals surface area (Å²) in [7, 11) is 2.89. The zero-order valence-electron chi connectivity index (χ0n) is 17.3. The van der Waals surface area contributed by atoms with Gasteiger partial charge in [-0.2, -0.15) is 0 Å². The molecule has 3 rings (SSSR count). The standard InChI is InChI=1S/C21H20N4O6S/c1-29-9-10-31-18-13-16(25(27)28)15(12-17(18)30-2)21(26)24-14-6-8-23-20(11-14)32-19-5-3-4-7-22-19/h3-8,11-13H,9-10H2,1-2H3,(H,23,24,26). The highest BCUT2D eigenvalue weighted by molar-refractivity contribution is 7.99. The van der Waals surface area contributed by atoms with Crippen molar-refractivity contribution < 1.29 is 23.9 Å². The maximum Gasteiger partial charge on any atom is 0.286 e. The Bertz CT molecular complexity index is 1100. The molecule has 0 atom stereocenters. The van der Waals surface area contributed by atoms with Crippen LogP contribution < -0.4 is 14.8 Å². The molecule has 10 nitrogen and oxygen atoms in total. The van der Waals surface area contributed by atoms with Crippen LogP contribution in [0.4, 0.5) is 11.4 Å². The second-order valence-electron chi connectivity index (χ2n) is 6.23. The average molecular weight is 456 g/mol. The Morgan fingerprint density at radius 2 is 1.88 bits per heavy atom. The number of rotatable bonds is 10. The van der Waals surface area contributed by atoms with Gasteiger partial charge in [-0.25, -0.2) is 9.97 Å². The number of carbonyl (C=O) groups is 1. The number of amides is 1. The van der Waals surface area contributed by atoms with Crippen molar-refractivity contribution in [1.29, 1.82) is 0 Å². The van der Waals surface area contributed by atoms with Crippen LogP contribution in [0.25, 0.3) is 0 Å². The first-order chi connectivity index (χ1) is 15.5. The van der Waals surface area contributed by atoms with E-state index in [1.165, 1.54) is 38.2 Å². The molecular weight excluding hydrogens is 436 g/mol. The van der Waals surface area contributed by atoms with Crippen molar-refractivity contribution in [2.45, 2.75) is 10.1 Å². The Labute approximate surface area is 188 Å². The van der Waals surface area contributed by atoms with E-state index in [-0.39, 0.29) is 23.7 Å². The van der Waals surface area contributed by atoms with E-state index in [4.69, 9.17) is 14.2 Å². The largest absolute Gasteiger partial charge is 0.493 e. The first-order valence-electron chi connectivity index (χ1n) is 9.36. The van der Waals surface area contributed by atoms with Gasteiger partial charge < -0.3 is 19.5 Å². The summed E-state index contributed by atoms with van der Waals surface area (Å²) in [6.07, 6.45) is 3.20. The Kier molecular flexibility index (Phi) is 7.95. The fraction of sp³-hybridized carbons (Fsp3) is 0.190. The summed E-state index contributed by atoms with van der Waals surface area (Å²) in [6.45, 7) is 0.462. The van der Waals surface area contributed by atoms with Crippen LogP contribution in [0.2, 0.25) is 0 Å². The number of nitrogens with one attached hydrogen (secondary N) is 1. The Morgan fingerprint density at radius 1 is 1.06 bits per heavy atom. The van der Waals surface area contributed by atoms with Gasteiger partial charge >= 0.3 is 0 Å². The number of pyridine rings is 2. The van der Waals surface area contributed by atoms with Crippen LogP contribution in [0.5, 0.6) is 11.5 Å². The number of carbonyl (C=O) groups excluding carboxylic acids is 1. The van der Waals surface area contributed by atoms with E-state index >= 15 is 0 Å². The number of nitro benzene ring substituents is 1. The van der Waals surface area contributed by atoms with E-state index in [0.29, 0.717) is 17.3 Å². The molecule has 166 valence electrons. The molecule has 2 aromatic heterocycles. The predicted octanol–water partition coefficient (Wildman–Crippen LogP) is 3.82. The molecule has 1 amide bonds. The van der Waals surface area contributed by atoms with Crippen molar-refractivity contribution in [2.24, 2.45) is 0 Å². The third kappa shape index (κ3) is 5.93. The molecule has 32 heavy (non-hydrogen) atoms. The lowest BCUT2D eigenvalue weighted by atomic mass is 10.1. The number of benzene rings is 1. The van der Waals surface area contributed by atoms with E-state index in [1.54, 1.807) is 18.3 Å². The minimum absolute atomic E-state index is 0.144. The highest BCUT2D eigenvalue weighted by Gasteiger charge is 2.25. The third-order valence-electron chi connectivity index (χ3n) is 4.11. The van der Waals surface area contributed by atoms with Gasteiger partial charge in [-0.05, 0) is 24.3 Å². The lowest BCUT2D eigenvalue weighted by molar-refractivity contribution is -0.385. The fourth-order valence-electron chi connectivity index (χ4n) is 2.65. The van der Waals surface area contributed by atoms with Gasteiger partial charge in [0, 0.05) is 31.3 Å². The van der Waals surface area contributed by atoms with Crippen molar-refractivity contribution >= 4 is 29.0 Å². The SMILES string of the molecule is COCCOc1cc([N+](=O)[O-])c(C(=O)Nc2ccnc(Sc3ccccn3)c2)cc1OC. The van der Waals surface area contributed by atoms with E-state index < -0.39 is 16.5 Å². The van der Waals surface area contributed by atoms with E-state index in [9.17, 15) is 14.9 Å². The maximum absolute atomic E-state index is 12.9. The van der Waals surface area contributed by atoms with Crippen LogP contribution in [-0.2, 0) is 4.74 Å². The molecule has 0 aliphatic carbocycles. The summed E-state index contributed by atoms with van der Waals surface area (Å²) in [5, 5.41) is 15.6. The molecule has 0 radical (unpaired) electrons. The molecule has 0 saturated heterocycles. The molecule has 2 heterocycles. The number of hydrogen-bond acceptors (Lipinski definition) is 9. The first kappa shape index (κ1) is 23.0. The van der Waals surface area contributed by atoms with E-state index in [0.717, 1.165) is 11.1 Å². The van der Waals surface area contributed by atoms with Crippen molar-refractivity contribution in [1.82, 2.24) is 9.97 Å². The van der Waals surface area contributed by atoms with Crippen LogP contribution in [0, 0.1) is 10.1 Å². The molecule has 3 aromatic rings. The van der Waals surface area contributed by atoms with Gasteiger partial charge in [0.15, 0.2) is 11.5 Å². The Morgan fingerprint density at radius 3 is 2.56 bits per heavy atom. The fourth-order valence-corrected chi connectivity index (χ4v) is 3.42. The molecule has 0 saturated carbocycles. The first-order valence-corrected chi connectivity index (χ1v) is 10.2. The van der Waals surface area contributed by atoms with Gasteiger partial charge in [0.2, 0.25) is 0 Å². The van der Waals surface area contributed by atoms with Gasteiger partial charge in [-0.15, -0.1) is 0 Å². The van der Waals surface area contributed by atoms with Crippen LogP contribution >= 0.6 is 11.8 Å². The zero-order chi connectivity index (χ0) is 22.9. The molecule has 0 unspecified atom stereocenters.